The predicted octanol–water partition coefficient (Wildman–Crippen LogP) is 3.90. The van der Waals surface area contributed by atoms with E-state index in [0.717, 1.165) is 17.5 Å². The first-order chi connectivity index (χ1) is 7.13. The number of nitrogens with zero attached hydrogens (tertiary/aromatic N) is 1. The lowest BCUT2D eigenvalue weighted by atomic mass is 10.1. The number of fused-ring (bicyclic) bond motifs is 1. The van der Waals surface area contributed by atoms with Gasteiger partial charge < -0.3 is 0 Å². The number of halogens is 2. The Labute approximate surface area is 92.9 Å². The van der Waals surface area contributed by atoms with Gasteiger partial charge in [-0.25, -0.2) is 9.37 Å². The minimum Gasteiger partial charge on any atom is -0.235 e. The number of rotatable bonds is 1. The molecular formula is C12H11ClFN. The molecule has 1 aromatic heterocycles. The maximum atomic E-state index is 13.5. The topological polar surface area (TPSA) is 12.9 Å². The van der Waals surface area contributed by atoms with Crippen LogP contribution in [0.3, 0.4) is 0 Å². The van der Waals surface area contributed by atoms with E-state index in [1.807, 2.05) is 13.8 Å². The molecule has 3 heteroatoms. The van der Waals surface area contributed by atoms with Gasteiger partial charge >= 0.3 is 0 Å². The molecule has 0 bridgehead atoms. The highest BCUT2D eigenvalue weighted by Gasteiger charge is 2.08. The maximum Gasteiger partial charge on any atom is 0.132 e. The van der Waals surface area contributed by atoms with Gasteiger partial charge in [-0.3, -0.25) is 0 Å². The zero-order valence-electron chi connectivity index (χ0n) is 8.64. The lowest BCUT2D eigenvalue weighted by Crippen LogP contribution is -1.92. The Balaban J connectivity index is 2.86. The molecular weight excluding hydrogens is 213 g/mol. The summed E-state index contributed by atoms with van der Waals surface area (Å²) in [5, 5.41) is 1.02. The minimum atomic E-state index is -0.241. The molecule has 0 aliphatic rings. The van der Waals surface area contributed by atoms with Gasteiger partial charge in [0.15, 0.2) is 0 Å². The van der Waals surface area contributed by atoms with Crippen molar-refractivity contribution in [1.82, 2.24) is 4.98 Å². The van der Waals surface area contributed by atoms with Crippen molar-refractivity contribution in [1.29, 1.82) is 0 Å². The van der Waals surface area contributed by atoms with E-state index in [1.165, 1.54) is 6.07 Å². The van der Waals surface area contributed by atoms with Crippen LogP contribution >= 0.6 is 11.6 Å². The summed E-state index contributed by atoms with van der Waals surface area (Å²) in [7, 11) is 0. The van der Waals surface area contributed by atoms with Crippen molar-refractivity contribution in [3.05, 3.63) is 40.3 Å². The molecule has 78 valence electrons. The molecule has 0 N–H and O–H groups in total. The van der Waals surface area contributed by atoms with Crippen LogP contribution in [0.1, 0.15) is 18.1 Å². The second-order valence-electron chi connectivity index (χ2n) is 3.55. The average molecular weight is 224 g/mol. The fourth-order valence-electron chi connectivity index (χ4n) is 1.63. The van der Waals surface area contributed by atoms with Crippen molar-refractivity contribution >= 4 is 22.5 Å². The Morgan fingerprint density at radius 1 is 1.40 bits per heavy atom. The first kappa shape index (κ1) is 10.4. The molecule has 0 spiro atoms. The fourth-order valence-corrected chi connectivity index (χ4v) is 1.90. The van der Waals surface area contributed by atoms with Crippen LogP contribution in [0.2, 0.25) is 5.15 Å². The molecule has 0 amide bonds. The third kappa shape index (κ3) is 1.70. The van der Waals surface area contributed by atoms with Crippen molar-refractivity contribution in [2.24, 2.45) is 0 Å². The summed E-state index contributed by atoms with van der Waals surface area (Å²) in [4.78, 5) is 4.23. The quantitative estimate of drug-likeness (QED) is 0.669. The first-order valence-electron chi connectivity index (χ1n) is 4.87. The lowest BCUT2D eigenvalue weighted by molar-refractivity contribution is 0.639. The summed E-state index contributed by atoms with van der Waals surface area (Å²) in [5.74, 6) is -0.241. The largest absolute Gasteiger partial charge is 0.235 e. The molecule has 0 saturated carbocycles. The predicted molar refractivity (Wildman–Crippen MR) is 60.8 cm³/mol. The number of pyridine rings is 1. The lowest BCUT2D eigenvalue weighted by Gasteiger charge is -2.06. The van der Waals surface area contributed by atoms with E-state index in [-0.39, 0.29) is 5.82 Å². The van der Waals surface area contributed by atoms with E-state index in [9.17, 15) is 4.39 Å². The SMILES string of the molecule is CCc1cc2c(F)ccc(C)c2nc1Cl. The summed E-state index contributed by atoms with van der Waals surface area (Å²) in [5.41, 5.74) is 2.47. The standard InChI is InChI=1S/C12H11ClFN/c1-3-8-6-9-10(14)5-4-7(2)11(9)15-12(8)13/h4-6H,3H2,1-2H3. The van der Waals surface area contributed by atoms with Gasteiger partial charge in [-0.2, -0.15) is 0 Å². The van der Waals surface area contributed by atoms with Gasteiger partial charge in [-0.1, -0.05) is 24.6 Å². The molecule has 2 aromatic rings. The number of hydrogen-bond acceptors (Lipinski definition) is 1. The van der Waals surface area contributed by atoms with Gasteiger partial charge in [0.25, 0.3) is 0 Å². The minimum absolute atomic E-state index is 0.241. The number of aromatic nitrogens is 1. The molecule has 0 aliphatic carbocycles. The molecule has 1 nitrogen and oxygen atoms in total. The van der Waals surface area contributed by atoms with Gasteiger partial charge in [-0.05, 0) is 36.6 Å². The Bertz CT molecular complexity index is 523. The van der Waals surface area contributed by atoms with Crippen molar-refractivity contribution in [2.45, 2.75) is 20.3 Å². The van der Waals surface area contributed by atoms with Crippen LogP contribution in [-0.4, -0.2) is 4.98 Å². The molecule has 0 unspecified atom stereocenters. The van der Waals surface area contributed by atoms with Crippen LogP contribution in [0.5, 0.6) is 0 Å². The van der Waals surface area contributed by atoms with Crippen LogP contribution < -0.4 is 0 Å². The van der Waals surface area contributed by atoms with Crippen LogP contribution in [0.4, 0.5) is 4.39 Å². The first-order valence-corrected chi connectivity index (χ1v) is 5.25. The summed E-state index contributed by atoms with van der Waals surface area (Å²) in [6.07, 6.45) is 0.759. The maximum absolute atomic E-state index is 13.5. The Hall–Kier alpha value is -1.15. The molecule has 0 fully saturated rings. The van der Waals surface area contributed by atoms with Crippen LogP contribution in [0.15, 0.2) is 18.2 Å². The highest BCUT2D eigenvalue weighted by molar-refractivity contribution is 6.30. The number of aryl methyl sites for hydroxylation is 2. The molecule has 1 aromatic carbocycles. The summed E-state index contributed by atoms with van der Waals surface area (Å²) in [6, 6.07) is 4.96. The van der Waals surface area contributed by atoms with Gasteiger partial charge in [-0.15, -0.1) is 0 Å². The van der Waals surface area contributed by atoms with Crippen LogP contribution in [0, 0.1) is 12.7 Å². The van der Waals surface area contributed by atoms with Crippen LogP contribution in [0.25, 0.3) is 10.9 Å². The third-order valence-corrected chi connectivity index (χ3v) is 2.87. The van der Waals surface area contributed by atoms with Crippen molar-refractivity contribution < 1.29 is 4.39 Å². The van der Waals surface area contributed by atoms with Crippen LogP contribution in [-0.2, 0) is 6.42 Å². The van der Waals surface area contributed by atoms with Gasteiger partial charge in [0, 0.05) is 5.39 Å². The van der Waals surface area contributed by atoms with E-state index in [4.69, 9.17) is 11.6 Å². The van der Waals surface area contributed by atoms with Crippen molar-refractivity contribution in [3.63, 3.8) is 0 Å². The second kappa shape index (κ2) is 3.78. The summed E-state index contributed by atoms with van der Waals surface area (Å²) < 4.78 is 13.5. The monoisotopic (exact) mass is 223 g/mol. The van der Waals surface area contributed by atoms with Gasteiger partial charge in [0.05, 0.1) is 5.52 Å². The van der Waals surface area contributed by atoms with Crippen molar-refractivity contribution in [2.75, 3.05) is 0 Å². The van der Waals surface area contributed by atoms with Gasteiger partial charge in [0.1, 0.15) is 11.0 Å². The number of benzene rings is 1. The molecule has 1 heterocycles. The third-order valence-electron chi connectivity index (χ3n) is 2.54. The van der Waals surface area contributed by atoms with E-state index < -0.39 is 0 Å². The average Bonchev–Trinajstić information content (AvgIpc) is 2.23. The summed E-state index contributed by atoms with van der Waals surface area (Å²) >= 11 is 5.99. The normalized spacial score (nSPS) is 10.9. The van der Waals surface area contributed by atoms with E-state index >= 15 is 0 Å². The smallest absolute Gasteiger partial charge is 0.132 e. The second-order valence-corrected chi connectivity index (χ2v) is 3.91. The molecule has 2 rings (SSSR count). The molecule has 0 saturated heterocycles. The van der Waals surface area contributed by atoms with E-state index in [1.54, 1.807) is 12.1 Å². The molecule has 0 radical (unpaired) electrons. The molecule has 0 atom stereocenters. The van der Waals surface area contributed by atoms with Gasteiger partial charge in [0.2, 0.25) is 0 Å². The molecule has 15 heavy (non-hydrogen) atoms. The fraction of sp³-hybridized carbons (Fsp3) is 0.250. The number of hydrogen-bond donors (Lipinski definition) is 0. The van der Waals surface area contributed by atoms with Crippen molar-refractivity contribution in [3.8, 4) is 0 Å². The highest BCUT2D eigenvalue weighted by atomic mass is 35.5. The highest BCUT2D eigenvalue weighted by Crippen LogP contribution is 2.25. The summed E-state index contributed by atoms with van der Waals surface area (Å²) in [6.45, 7) is 3.87. The Morgan fingerprint density at radius 2 is 2.13 bits per heavy atom. The zero-order valence-corrected chi connectivity index (χ0v) is 9.40. The molecule has 0 aliphatic heterocycles. The van der Waals surface area contributed by atoms with E-state index in [2.05, 4.69) is 4.98 Å². The zero-order chi connectivity index (χ0) is 11.0. The Morgan fingerprint density at radius 3 is 2.80 bits per heavy atom. The Kier molecular flexibility index (Phi) is 2.61. The van der Waals surface area contributed by atoms with E-state index in [0.29, 0.717) is 16.1 Å².